The number of carbonyl (C=O) groups excluding carboxylic acids is 1. The smallest absolute Gasteiger partial charge is 0.274 e. The zero-order valence-corrected chi connectivity index (χ0v) is 10.6. The molecule has 98 valence electrons. The molecule has 1 amide bonds. The molecule has 1 atom stereocenters. The van der Waals surface area contributed by atoms with Crippen LogP contribution in [-0.2, 0) is 0 Å². The maximum atomic E-state index is 12.2. The van der Waals surface area contributed by atoms with E-state index in [-0.39, 0.29) is 5.91 Å². The molecule has 0 bridgehead atoms. The van der Waals surface area contributed by atoms with E-state index < -0.39 is 0 Å². The maximum absolute atomic E-state index is 12.2. The van der Waals surface area contributed by atoms with Crippen molar-refractivity contribution in [1.82, 2.24) is 15.1 Å². The molecular formula is C12H19N5O. The third-order valence-electron chi connectivity index (χ3n) is 3.42. The second kappa shape index (κ2) is 5.77. The molecule has 6 heteroatoms. The van der Waals surface area contributed by atoms with Gasteiger partial charge in [0.15, 0.2) is 11.5 Å². The van der Waals surface area contributed by atoms with E-state index in [9.17, 15) is 4.79 Å². The molecule has 1 unspecified atom stereocenters. The monoisotopic (exact) mass is 249 g/mol. The van der Waals surface area contributed by atoms with Gasteiger partial charge in [-0.05, 0) is 30.9 Å². The first kappa shape index (κ1) is 12.8. The minimum absolute atomic E-state index is 0.0378. The van der Waals surface area contributed by atoms with E-state index in [4.69, 9.17) is 5.84 Å². The Kier molecular flexibility index (Phi) is 4.09. The number of hydrazine groups is 1. The lowest BCUT2D eigenvalue weighted by molar-refractivity contribution is 0.0664. The summed E-state index contributed by atoms with van der Waals surface area (Å²) in [6.07, 6.45) is 3.40. The Labute approximate surface area is 107 Å². The lowest BCUT2D eigenvalue weighted by Crippen LogP contribution is -2.40. The van der Waals surface area contributed by atoms with Gasteiger partial charge in [-0.25, -0.2) is 5.84 Å². The molecule has 1 aromatic heterocycles. The van der Waals surface area contributed by atoms with E-state index in [1.807, 2.05) is 4.90 Å². The number of piperidine rings is 1. The molecule has 2 rings (SSSR count). The third-order valence-corrected chi connectivity index (χ3v) is 3.42. The van der Waals surface area contributed by atoms with Gasteiger partial charge in [-0.3, -0.25) is 4.79 Å². The molecule has 3 N–H and O–H groups in total. The molecule has 0 aromatic carbocycles. The van der Waals surface area contributed by atoms with E-state index in [0.717, 1.165) is 25.9 Å². The fourth-order valence-corrected chi connectivity index (χ4v) is 2.27. The highest BCUT2D eigenvalue weighted by Crippen LogP contribution is 2.20. The number of amides is 1. The summed E-state index contributed by atoms with van der Waals surface area (Å²) in [6.45, 7) is 3.81. The Balaban J connectivity index is 2.05. The summed E-state index contributed by atoms with van der Waals surface area (Å²) in [6, 6.07) is 3.31. The molecule has 0 radical (unpaired) electrons. The Morgan fingerprint density at radius 3 is 3.00 bits per heavy atom. The second-order valence-corrected chi connectivity index (χ2v) is 4.62. The molecule has 1 aliphatic heterocycles. The van der Waals surface area contributed by atoms with Crippen LogP contribution in [0.15, 0.2) is 12.1 Å². The predicted octanol–water partition coefficient (Wildman–Crippen LogP) is 1.02. The highest BCUT2D eigenvalue weighted by Gasteiger charge is 2.24. The summed E-state index contributed by atoms with van der Waals surface area (Å²) in [7, 11) is 0. The van der Waals surface area contributed by atoms with Crippen LogP contribution in [-0.4, -0.2) is 34.1 Å². The zero-order valence-electron chi connectivity index (χ0n) is 10.6. The summed E-state index contributed by atoms with van der Waals surface area (Å²) in [4.78, 5) is 14.1. The Morgan fingerprint density at radius 2 is 2.39 bits per heavy atom. The lowest BCUT2D eigenvalue weighted by atomic mass is 9.95. The van der Waals surface area contributed by atoms with Crippen molar-refractivity contribution in [2.45, 2.75) is 26.2 Å². The van der Waals surface area contributed by atoms with Gasteiger partial charge in [0, 0.05) is 13.1 Å². The van der Waals surface area contributed by atoms with Crippen molar-refractivity contribution < 1.29 is 4.79 Å². The van der Waals surface area contributed by atoms with Gasteiger partial charge >= 0.3 is 0 Å². The number of nitrogens with one attached hydrogen (secondary N) is 1. The first-order valence-electron chi connectivity index (χ1n) is 6.34. The molecule has 0 aliphatic carbocycles. The minimum atomic E-state index is -0.0378. The predicted molar refractivity (Wildman–Crippen MR) is 68.8 cm³/mol. The van der Waals surface area contributed by atoms with Crippen LogP contribution in [0, 0.1) is 5.92 Å². The number of likely N-dealkylation sites (tertiary alicyclic amines) is 1. The first-order chi connectivity index (χ1) is 8.74. The van der Waals surface area contributed by atoms with Crippen molar-refractivity contribution in [2.24, 2.45) is 11.8 Å². The summed E-state index contributed by atoms with van der Waals surface area (Å²) in [5.74, 6) is 6.24. The van der Waals surface area contributed by atoms with E-state index in [1.165, 1.54) is 6.42 Å². The molecular weight excluding hydrogens is 230 g/mol. The van der Waals surface area contributed by atoms with Gasteiger partial charge in [-0.2, -0.15) is 0 Å². The van der Waals surface area contributed by atoms with Crippen molar-refractivity contribution in [2.75, 3.05) is 18.5 Å². The van der Waals surface area contributed by atoms with Crippen LogP contribution in [0.25, 0.3) is 0 Å². The lowest BCUT2D eigenvalue weighted by Gasteiger charge is -2.31. The molecule has 1 fully saturated rings. The fraction of sp³-hybridized carbons (Fsp3) is 0.583. The van der Waals surface area contributed by atoms with E-state index in [0.29, 0.717) is 17.4 Å². The number of hydrogen-bond donors (Lipinski definition) is 2. The number of nitrogens with zero attached hydrogens (tertiary/aromatic N) is 3. The number of nitrogen functional groups attached to an aromatic ring is 1. The average Bonchev–Trinajstić information content (AvgIpc) is 2.46. The van der Waals surface area contributed by atoms with Gasteiger partial charge in [0.05, 0.1) is 0 Å². The molecule has 1 saturated heterocycles. The van der Waals surface area contributed by atoms with Gasteiger partial charge in [0.25, 0.3) is 5.91 Å². The minimum Gasteiger partial charge on any atom is -0.337 e. The Morgan fingerprint density at radius 1 is 1.56 bits per heavy atom. The van der Waals surface area contributed by atoms with Crippen LogP contribution < -0.4 is 11.3 Å². The largest absolute Gasteiger partial charge is 0.337 e. The van der Waals surface area contributed by atoms with Crippen molar-refractivity contribution in [3.8, 4) is 0 Å². The van der Waals surface area contributed by atoms with Crippen LogP contribution in [0.5, 0.6) is 0 Å². The molecule has 0 saturated carbocycles. The number of carbonyl (C=O) groups is 1. The van der Waals surface area contributed by atoms with E-state index >= 15 is 0 Å². The maximum Gasteiger partial charge on any atom is 0.274 e. The quantitative estimate of drug-likeness (QED) is 0.617. The van der Waals surface area contributed by atoms with Crippen molar-refractivity contribution in [1.29, 1.82) is 0 Å². The highest BCUT2D eigenvalue weighted by atomic mass is 16.2. The van der Waals surface area contributed by atoms with Gasteiger partial charge in [-0.15, -0.1) is 10.2 Å². The Bertz CT molecular complexity index is 405. The van der Waals surface area contributed by atoms with Gasteiger partial charge in [-0.1, -0.05) is 13.3 Å². The molecule has 1 aliphatic rings. The normalized spacial score (nSPS) is 19.7. The fourth-order valence-electron chi connectivity index (χ4n) is 2.27. The summed E-state index contributed by atoms with van der Waals surface area (Å²) in [5, 5.41) is 7.71. The molecule has 2 heterocycles. The standard InChI is InChI=1S/C12H19N5O/c1-2-9-4-3-7-17(8-9)12(18)10-5-6-11(14-13)16-15-10/h5-6,9H,2-4,7-8,13H2,1H3,(H,14,16). The first-order valence-corrected chi connectivity index (χ1v) is 6.34. The van der Waals surface area contributed by atoms with E-state index in [1.54, 1.807) is 12.1 Å². The van der Waals surface area contributed by atoms with E-state index in [2.05, 4.69) is 22.5 Å². The SMILES string of the molecule is CCC1CCCN(C(=O)c2ccc(NN)nn2)C1. The van der Waals surface area contributed by atoms with Crippen LogP contribution >= 0.6 is 0 Å². The molecule has 1 aromatic rings. The zero-order chi connectivity index (χ0) is 13.0. The summed E-state index contributed by atoms with van der Waals surface area (Å²) >= 11 is 0. The van der Waals surface area contributed by atoms with Crippen molar-refractivity contribution in [3.63, 3.8) is 0 Å². The second-order valence-electron chi connectivity index (χ2n) is 4.62. The number of nitrogens with two attached hydrogens (primary N) is 1. The third kappa shape index (κ3) is 2.76. The van der Waals surface area contributed by atoms with Gasteiger partial charge < -0.3 is 10.3 Å². The van der Waals surface area contributed by atoms with Crippen LogP contribution in [0.3, 0.4) is 0 Å². The number of anilines is 1. The van der Waals surface area contributed by atoms with Crippen LogP contribution in [0.4, 0.5) is 5.82 Å². The van der Waals surface area contributed by atoms with Gasteiger partial charge in [0.1, 0.15) is 0 Å². The Hall–Kier alpha value is -1.69. The van der Waals surface area contributed by atoms with Crippen LogP contribution in [0.1, 0.15) is 36.7 Å². The van der Waals surface area contributed by atoms with Crippen molar-refractivity contribution >= 4 is 11.7 Å². The van der Waals surface area contributed by atoms with Crippen molar-refractivity contribution in [3.05, 3.63) is 17.8 Å². The summed E-state index contributed by atoms with van der Waals surface area (Å²) in [5.41, 5.74) is 2.77. The summed E-state index contributed by atoms with van der Waals surface area (Å²) < 4.78 is 0. The number of aromatic nitrogens is 2. The highest BCUT2D eigenvalue weighted by molar-refractivity contribution is 5.92. The molecule has 18 heavy (non-hydrogen) atoms. The topological polar surface area (TPSA) is 84.1 Å². The van der Waals surface area contributed by atoms with Gasteiger partial charge in [0.2, 0.25) is 0 Å². The number of hydrogen-bond acceptors (Lipinski definition) is 5. The molecule has 6 nitrogen and oxygen atoms in total. The number of rotatable bonds is 3. The molecule has 0 spiro atoms. The average molecular weight is 249 g/mol. The van der Waals surface area contributed by atoms with Crippen LogP contribution in [0.2, 0.25) is 0 Å².